The number of carbonyl (C=O) groups excluding carboxylic acids is 3. The van der Waals surface area contributed by atoms with E-state index in [1.54, 1.807) is 56.1 Å². The Labute approximate surface area is 213 Å². The highest BCUT2D eigenvalue weighted by Gasteiger charge is 2.32. The van der Waals surface area contributed by atoms with E-state index < -0.39 is 13.7 Å². The molecule has 1 heterocycles. The van der Waals surface area contributed by atoms with Gasteiger partial charge in [0, 0.05) is 37.5 Å². The maximum Gasteiger partial charge on any atom is 0.335 e. The number of amides is 2. The zero-order chi connectivity index (χ0) is 26.6. The zero-order valence-electron chi connectivity index (χ0n) is 21.5. The van der Waals surface area contributed by atoms with Crippen LogP contribution in [-0.2, 0) is 38.9 Å². The van der Waals surface area contributed by atoms with E-state index in [-0.39, 0.29) is 30.6 Å². The molecule has 1 aliphatic rings. The Morgan fingerprint density at radius 1 is 1.17 bits per heavy atom. The van der Waals surface area contributed by atoms with E-state index in [0.717, 1.165) is 11.8 Å². The minimum absolute atomic E-state index is 0.164. The van der Waals surface area contributed by atoms with Gasteiger partial charge in [-0.05, 0) is 57.7 Å². The van der Waals surface area contributed by atoms with Crippen molar-refractivity contribution in [2.24, 2.45) is 0 Å². The van der Waals surface area contributed by atoms with Gasteiger partial charge in [-0.15, -0.1) is 0 Å². The highest BCUT2D eigenvalue weighted by Crippen LogP contribution is 2.51. The molecule has 36 heavy (non-hydrogen) atoms. The third kappa shape index (κ3) is 9.85. The van der Waals surface area contributed by atoms with Crippen molar-refractivity contribution >= 4 is 31.4 Å². The van der Waals surface area contributed by atoms with E-state index in [0.29, 0.717) is 50.3 Å². The van der Waals surface area contributed by atoms with Gasteiger partial charge in [0.25, 0.3) is 0 Å². The molecule has 0 spiro atoms. The molecule has 1 aliphatic heterocycles. The van der Waals surface area contributed by atoms with Crippen LogP contribution >= 0.6 is 7.60 Å². The molecule has 1 saturated heterocycles. The Kier molecular flexibility index (Phi) is 12.3. The lowest BCUT2D eigenvalue weighted by Gasteiger charge is -2.23. The largest absolute Gasteiger partial charge is 0.355 e. The molecule has 0 aromatic heterocycles. The van der Waals surface area contributed by atoms with Crippen LogP contribution in [0.15, 0.2) is 36.0 Å². The van der Waals surface area contributed by atoms with Crippen LogP contribution < -0.4 is 10.6 Å². The van der Waals surface area contributed by atoms with Gasteiger partial charge in [-0.2, -0.15) is 0 Å². The van der Waals surface area contributed by atoms with Crippen molar-refractivity contribution in [1.29, 1.82) is 0 Å². The van der Waals surface area contributed by atoms with E-state index in [4.69, 9.17) is 13.8 Å². The number of nitrogens with one attached hydrogen (secondary N) is 2. The fourth-order valence-corrected chi connectivity index (χ4v) is 5.49. The van der Waals surface area contributed by atoms with Gasteiger partial charge in [-0.25, -0.2) is 0 Å². The summed E-state index contributed by atoms with van der Waals surface area (Å²) in [6.07, 6.45) is 3.85. The fourth-order valence-electron chi connectivity index (χ4n) is 3.78. The lowest BCUT2D eigenvalue weighted by molar-refractivity contribution is -0.135. The Balaban J connectivity index is 1.70. The van der Waals surface area contributed by atoms with Gasteiger partial charge < -0.3 is 29.3 Å². The fraction of sp³-hybridized carbons (Fsp3) is 0.560. The first kappa shape index (κ1) is 29.7. The molecule has 200 valence electrons. The predicted octanol–water partition coefficient (Wildman–Crippen LogP) is 3.83. The lowest BCUT2D eigenvalue weighted by atomic mass is 10.2. The van der Waals surface area contributed by atoms with Gasteiger partial charge >= 0.3 is 7.60 Å². The van der Waals surface area contributed by atoms with Crippen molar-refractivity contribution in [2.75, 3.05) is 32.1 Å². The van der Waals surface area contributed by atoms with Crippen molar-refractivity contribution in [2.45, 2.75) is 64.9 Å². The number of anilines is 1. The maximum absolute atomic E-state index is 12.7. The Hall–Kier alpha value is -2.52. The normalized spacial score (nSPS) is 18.1. The number of benzene rings is 1. The maximum atomic E-state index is 12.7. The van der Waals surface area contributed by atoms with Gasteiger partial charge in [-0.3, -0.25) is 18.9 Å². The summed E-state index contributed by atoms with van der Waals surface area (Å²) in [5.41, 5.74) is 2.00. The number of ether oxygens (including phenoxy) is 1. The summed E-state index contributed by atoms with van der Waals surface area (Å²) in [6, 6.07) is 7.05. The van der Waals surface area contributed by atoms with Gasteiger partial charge in [-0.1, -0.05) is 12.1 Å². The van der Waals surface area contributed by atoms with Crippen LogP contribution in [0.25, 0.3) is 0 Å². The van der Waals surface area contributed by atoms with Gasteiger partial charge in [0.2, 0.25) is 11.8 Å². The summed E-state index contributed by atoms with van der Waals surface area (Å²) >= 11 is 0. The Bertz CT molecular complexity index is 941. The first-order valence-corrected chi connectivity index (χ1v) is 14.0. The topological polar surface area (TPSA) is 123 Å². The highest BCUT2D eigenvalue weighted by atomic mass is 31.2. The molecule has 1 aromatic carbocycles. The van der Waals surface area contributed by atoms with Crippen LogP contribution in [0.1, 0.15) is 52.0 Å². The molecular weight excluding hydrogens is 485 g/mol. The Morgan fingerprint density at radius 3 is 2.44 bits per heavy atom. The van der Waals surface area contributed by atoms with Crippen LogP contribution in [0.5, 0.6) is 0 Å². The van der Waals surface area contributed by atoms with Crippen LogP contribution in [0.3, 0.4) is 0 Å². The Morgan fingerprint density at radius 2 is 1.83 bits per heavy atom. The molecule has 0 radical (unpaired) electrons. The first-order chi connectivity index (χ1) is 17.2. The molecular formula is C25H38N3O7P. The summed E-state index contributed by atoms with van der Waals surface area (Å²) in [6.45, 7) is 6.21. The summed E-state index contributed by atoms with van der Waals surface area (Å²) in [5, 5.41) is 5.64. The van der Waals surface area contributed by atoms with Crippen molar-refractivity contribution < 1.29 is 32.7 Å². The van der Waals surface area contributed by atoms with Gasteiger partial charge in [0.15, 0.2) is 0 Å². The average Bonchev–Trinajstić information content (AvgIpc) is 3.34. The molecule has 0 bridgehead atoms. The second kappa shape index (κ2) is 14.9. The van der Waals surface area contributed by atoms with Crippen LogP contribution in [0, 0.1) is 0 Å². The van der Waals surface area contributed by atoms with E-state index in [2.05, 4.69) is 10.6 Å². The van der Waals surface area contributed by atoms with Crippen LogP contribution in [-0.4, -0.2) is 62.1 Å². The number of carbonyl (C=O) groups is 3. The minimum Gasteiger partial charge on any atom is -0.355 e. The van der Waals surface area contributed by atoms with E-state index in [1.807, 2.05) is 7.05 Å². The van der Waals surface area contributed by atoms with Crippen LogP contribution in [0.2, 0.25) is 0 Å². The number of rotatable bonds is 15. The van der Waals surface area contributed by atoms with Crippen molar-refractivity contribution in [1.82, 2.24) is 10.2 Å². The van der Waals surface area contributed by atoms with E-state index in [9.17, 15) is 18.9 Å². The average molecular weight is 524 g/mol. The molecule has 2 atom stereocenters. The molecule has 0 saturated carbocycles. The second-order valence-electron chi connectivity index (χ2n) is 8.56. The molecule has 2 N–H and O–H groups in total. The SMILES string of the molecule is CCOP(=O)(Cc1ccc(NC(=O)CCCNC(=O)[C@@H]2CC[C@H](N(C)/C=C(/C)C=O)O2)cc1)OCC. The number of aldehydes is 1. The number of hydrogen-bond acceptors (Lipinski definition) is 8. The monoisotopic (exact) mass is 523 g/mol. The minimum atomic E-state index is -3.18. The zero-order valence-corrected chi connectivity index (χ0v) is 22.4. The number of nitrogens with zero attached hydrogens (tertiary/aromatic N) is 1. The van der Waals surface area contributed by atoms with Crippen molar-refractivity contribution in [3.63, 3.8) is 0 Å². The number of allylic oxidation sites excluding steroid dienone is 1. The first-order valence-electron chi connectivity index (χ1n) is 12.2. The van der Waals surface area contributed by atoms with Crippen molar-refractivity contribution in [3.8, 4) is 0 Å². The third-order valence-corrected chi connectivity index (χ3v) is 7.54. The molecule has 1 fully saturated rings. The lowest BCUT2D eigenvalue weighted by Crippen LogP contribution is -2.37. The molecule has 0 unspecified atom stereocenters. The summed E-state index contributed by atoms with van der Waals surface area (Å²) in [5.74, 6) is -0.364. The predicted molar refractivity (Wildman–Crippen MR) is 137 cm³/mol. The smallest absolute Gasteiger partial charge is 0.335 e. The molecule has 2 rings (SSSR count). The van der Waals surface area contributed by atoms with Gasteiger partial charge in [0.05, 0.1) is 19.4 Å². The van der Waals surface area contributed by atoms with Crippen molar-refractivity contribution in [3.05, 3.63) is 41.6 Å². The van der Waals surface area contributed by atoms with E-state index >= 15 is 0 Å². The molecule has 0 aliphatic carbocycles. The van der Waals surface area contributed by atoms with E-state index in [1.165, 1.54) is 0 Å². The summed E-state index contributed by atoms with van der Waals surface area (Å²) in [4.78, 5) is 37.2. The molecule has 11 heteroatoms. The van der Waals surface area contributed by atoms with Crippen LogP contribution in [0.4, 0.5) is 5.69 Å². The summed E-state index contributed by atoms with van der Waals surface area (Å²) in [7, 11) is -1.37. The number of hydrogen-bond donors (Lipinski definition) is 2. The second-order valence-corrected chi connectivity index (χ2v) is 10.6. The van der Waals surface area contributed by atoms with Gasteiger partial charge in [0.1, 0.15) is 18.6 Å². The highest BCUT2D eigenvalue weighted by molar-refractivity contribution is 7.53. The standard InChI is InChI=1S/C25H38N3O7P/c1-5-33-36(32,34-6-2)18-20-9-11-21(12-10-20)27-23(30)8-7-15-26-25(31)22-13-14-24(35-22)28(4)16-19(3)17-29/h9-12,16-17,22,24H,5-8,13-15,18H2,1-4H3,(H,26,31)(H,27,30)/b19-16-/t22-,24+/m0/s1. The molecule has 10 nitrogen and oxygen atoms in total. The summed E-state index contributed by atoms with van der Waals surface area (Å²) < 4.78 is 29.1. The third-order valence-electron chi connectivity index (χ3n) is 5.48. The molecule has 2 amide bonds. The quantitative estimate of drug-likeness (QED) is 0.154. The molecule has 1 aromatic rings.